The maximum atomic E-state index is 11.8. The Bertz CT molecular complexity index is 1520. The normalized spacial score (nSPS) is 11.9. The second-order valence-electron chi connectivity index (χ2n) is 8.98. The number of aliphatic carboxylic acids is 1. The molecule has 2 heterocycles. The highest BCUT2D eigenvalue weighted by Crippen LogP contribution is 2.24. The van der Waals surface area contributed by atoms with Crippen molar-refractivity contribution in [2.45, 2.75) is 38.7 Å². The van der Waals surface area contributed by atoms with Crippen molar-refractivity contribution in [2.75, 3.05) is 7.11 Å². The lowest BCUT2D eigenvalue weighted by Gasteiger charge is -2.15. The van der Waals surface area contributed by atoms with Crippen molar-refractivity contribution in [3.05, 3.63) is 95.7 Å². The van der Waals surface area contributed by atoms with E-state index in [9.17, 15) is 9.90 Å². The van der Waals surface area contributed by atoms with Crippen LogP contribution in [0.5, 0.6) is 11.5 Å². The SMILES string of the molecule is COc1ccc(O[C@@H](Cc2ccc3oc(CCCc4nc(-c5ccccc5)oc4C)nc3c2)C(=O)O)cc1. The van der Waals surface area contributed by atoms with Crippen molar-refractivity contribution in [3.8, 4) is 23.0 Å². The van der Waals surface area contributed by atoms with Gasteiger partial charge in [-0.25, -0.2) is 14.8 Å². The average molecular weight is 513 g/mol. The molecule has 8 nitrogen and oxygen atoms in total. The topological polar surface area (TPSA) is 108 Å². The maximum Gasteiger partial charge on any atom is 0.345 e. The van der Waals surface area contributed by atoms with E-state index in [0.29, 0.717) is 40.8 Å². The molecule has 1 atom stereocenters. The van der Waals surface area contributed by atoms with Crippen LogP contribution in [-0.2, 0) is 24.1 Å². The number of carboxylic acids is 1. The summed E-state index contributed by atoms with van der Waals surface area (Å²) >= 11 is 0. The number of methoxy groups -OCH3 is 1. The molecule has 5 aromatic rings. The van der Waals surface area contributed by atoms with Crippen molar-refractivity contribution in [1.29, 1.82) is 0 Å². The minimum atomic E-state index is -1.04. The number of aryl methyl sites for hydroxylation is 3. The van der Waals surface area contributed by atoms with E-state index in [1.54, 1.807) is 31.4 Å². The monoisotopic (exact) mass is 512 g/mol. The van der Waals surface area contributed by atoms with E-state index in [0.717, 1.165) is 35.4 Å². The van der Waals surface area contributed by atoms with E-state index >= 15 is 0 Å². The van der Waals surface area contributed by atoms with Crippen molar-refractivity contribution in [3.63, 3.8) is 0 Å². The largest absolute Gasteiger partial charge is 0.497 e. The first-order chi connectivity index (χ1) is 18.5. The lowest BCUT2D eigenvalue weighted by molar-refractivity contribution is -0.145. The number of hydrogen-bond acceptors (Lipinski definition) is 7. The smallest absolute Gasteiger partial charge is 0.345 e. The average Bonchev–Trinajstić information content (AvgIpc) is 3.51. The van der Waals surface area contributed by atoms with Gasteiger partial charge in [0.2, 0.25) is 5.89 Å². The molecule has 1 N–H and O–H groups in total. The van der Waals surface area contributed by atoms with Crippen molar-refractivity contribution < 1.29 is 28.2 Å². The first-order valence-electron chi connectivity index (χ1n) is 12.4. The number of nitrogens with zero attached hydrogens (tertiary/aromatic N) is 2. The Balaban J connectivity index is 1.21. The Morgan fingerprint density at radius 1 is 0.947 bits per heavy atom. The number of aromatic nitrogens is 2. The Morgan fingerprint density at radius 3 is 2.45 bits per heavy atom. The summed E-state index contributed by atoms with van der Waals surface area (Å²) in [5.74, 6) is 2.16. The standard InChI is InChI=1S/C30H28N2O6/c1-19-24(32-29(36-19)21-7-4-3-5-8-21)9-6-10-28-31-25-17-20(11-16-26(25)38-28)18-27(30(33)34)37-23-14-12-22(35-2)13-15-23/h3-5,7-8,11-17,27H,6,9-10,18H2,1-2H3,(H,33,34)/t27-/m0/s1. The van der Waals surface area contributed by atoms with Gasteiger partial charge in [-0.2, -0.15) is 0 Å². The number of hydrogen-bond donors (Lipinski definition) is 1. The zero-order valence-electron chi connectivity index (χ0n) is 21.2. The molecule has 0 aliphatic rings. The molecule has 0 aliphatic heterocycles. The van der Waals surface area contributed by atoms with Crippen LogP contribution < -0.4 is 9.47 Å². The van der Waals surface area contributed by atoms with Gasteiger partial charge in [-0.15, -0.1) is 0 Å². The molecule has 8 heteroatoms. The third-order valence-corrected chi connectivity index (χ3v) is 6.25. The van der Waals surface area contributed by atoms with Gasteiger partial charge in [-0.05, 0) is 73.9 Å². The number of carbonyl (C=O) groups is 1. The van der Waals surface area contributed by atoms with Crippen LogP contribution in [0.15, 0.2) is 81.6 Å². The van der Waals surface area contributed by atoms with Crippen LogP contribution >= 0.6 is 0 Å². The minimum Gasteiger partial charge on any atom is -0.497 e. The fourth-order valence-electron chi connectivity index (χ4n) is 4.24. The number of oxazole rings is 2. The van der Waals surface area contributed by atoms with E-state index in [-0.39, 0.29) is 6.42 Å². The summed E-state index contributed by atoms with van der Waals surface area (Å²) in [5.41, 5.74) is 4.03. The first kappa shape index (κ1) is 25.1. The summed E-state index contributed by atoms with van der Waals surface area (Å²) in [7, 11) is 1.57. The van der Waals surface area contributed by atoms with Crippen LogP contribution in [0.3, 0.4) is 0 Å². The number of benzene rings is 3. The van der Waals surface area contributed by atoms with Crippen molar-refractivity contribution in [2.24, 2.45) is 0 Å². The van der Waals surface area contributed by atoms with E-state index < -0.39 is 12.1 Å². The van der Waals surface area contributed by atoms with Gasteiger partial charge >= 0.3 is 5.97 Å². The molecule has 0 bridgehead atoms. The zero-order valence-corrected chi connectivity index (χ0v) is 21.2. The highest BCUT2D eigenvalue weighted by Gasteiger charge is 2.21. The predicted octanol–water partition coefficient (Wildman–Crippen LogP) is 6.05. The van der Waals surface area contributed by atoms with E-state index in [2.05, 4.69) is 9.97 Å². The molecule has 0 unspecified atom stereocenters. The lowest BCUT2D eigenvalue weighted by Crippen LogP contribution is -2.29. The summed E-state index contributed by atoms with van der Waals surface area (Å²) in [5, 5.41) is 9.70. The summed E-state index contributed by atoms with van der Waals surface area (Å²) < 4.78 is 22.6. The summed E-state index contributed by atoms with van der Waals surface area (Å²) in [4.78, 5) is 21.1. The molecule has 194 valence electrons. The van der Waals surface area contributed by atoms with Gasteiger partial charge in [0.15, 0.2) is 17.6 Å². The van der Waals surface area contributed by atoms with E-state index in [1.807, 2.05) is 55.5 Å². The molecule has 0 fully saturated rings. The quantitative estimate of drug-likeness (QED) is 0.228. The molecule has 0 saturated heterocycles. The number of fused-ring (bicyclic) bond motifs is 1. The van der Waals surface area contributed by atoms with Crippen LogP contribution in [0.2, 0.25) is 0 Å². The fraction of sp³-hybridized carbons (Fsp3) is 0.233. The van der Waals surface area contributed by atoms with Crippen LogP contribution in [0, 0.1) is 6.92 Å². The zero-order chi connectivity index (χ0) is 26.5. The summed E-state index contributed by atoms with van der Waals surface area (Å²) in [6, 6.07) is 22.2. The van der Waals surface area contributed by atoms with Gasteiger partial charge in [0.1, 0.15) is 22.8 Å². The highest BCUT2D eigenvalue weighted by atomic mass is 16.5. The van der Waals surface area contributed by atoms with Crippen molar-refractivity contribution in [1.82, 2.24) is 9.97 Å². The van der Waals surface area contributed by atoms with Crippen LogP contribution in [0.4, 0.5) is 0 Å². The first-order valence-corrected chi connectivity index (χ1v) is 12.4. The third kappa shape index (κ3) is 5.86. The van der Waals surface area contributed by atoms with Gasteiger partial charge < -0.3 is 23.4 Å². The van der Waals surface area contributed by atoms with Crippen molar-refractivity contribution >= 4 is 17.1 Å². The molecule has 3 aromatic carbocycles. The summed E-state index contributed by atoms with van der Waals surface area (Å²) in [6.07, 6.45) is 1.34. The van der Waals surface area contributed by atoms with Gasteiger partial charge in [0.05, 0.1) is 12.8 Å². The Morgan fingerprint density at radius 2 is 1.71 bits per heavy atom. The van der Waals surface area contributed by atoms with E-state index in [4.69, 9.17) is 18.3 Å². The molecular weight excluding hydrogens is 484 g/mol. The molecule has 5 rings (SSSR count). The molecular formula is C30H28N2O6. The summed E-state index contributed by atoms with van der Waals surface area (Å²) in [6.45, 7) is 1.93. The van der Waals surface area contributed by atoms with Gasteiger partial charge in [-0.1, -0.05) is 24.3 Å². The Hall–Kier alpha value is -4.59. The van der Waals surface area contributed by atoms with Gasteiger partial charge in [-0.3, -0.25) is 0 Å². The fourth-order valence-corrected chi connectivity index (χ4v) is 4.24. The number of rotatable bonds is 11. The molecule has 2 aromatic heterocycles. The predicted molar refractivity (Wildman–Crippen MR) is 141 cm³/mol. The highest BCUT2D eigenvalue weighted by molar-refractivity contribution is 5.75. The Labute approximate surface area is 219 Å². The second-order valence-corrected chi connectivity index (χ2v) is 8.98. The van der Waals surface area contributed by atoms with Crippen LogP contribution in [-0.4, -0.2) is 34.3 Å². The van der Waals surface area contributed by atoms with Gasteiger partial charge in [0.25, 0.3) is 0 Å². The van der Waals surface area contributed by atoms with Crippen LogP contribution in [0.1, 0.15) is 29.3 Å². The lowest BCUT2D eigenvalue weighted by atomic mass is 10.1. The second kappa shape index (κ2) is 11.2. The van der Waals surface area contributed by atoms with Crippen LogP contribution in [0.25, 0.3) is 22.6 Å². The molecule has 0 spiro atoms. The molecule has 38 heavy (non-hydrogen) atoms. The maximum absolute atomic E-state index is 11.8. The number of ether oxygens (including phenoxy) is 2. The third-order valence-electron chi connectivity index (χ3n) is 6.25. The van der Waals surface area contributed by atoms with E-state index in [1.165, 1.54) is 0 Å². The molecule has 0 radical (unpaired) electrons. The van der Waals surface area contributed by atoms with Gasteiger partial charge in [0, 0.05) is 18.4 Å². The minimum absolute atomic E-state index is 0.189. The number of carboxylic acid groups (broad SMARTS) is 1. The molecule has 0 saturated carbocycles. The molecule has 0 aliphatic carbocycles. The molecule has 0 amide bonds. The Kier molecular flexibility index (Phi) is 7.40.